The molecule has 0 aliphatic carbocycles. The lowest BCUT2D eigenvalue weighted by Gasteiger charge is -2.25. The summed E-state index contributed by atoms with van der Waals surface area (Å²) in [6.45, 7) is 11.6. The summed E-state index contributed by atoms with van der Waals surface area (Å²) < 4.78 is 5.71. The first-order valence-corrected chi connectivity index (χ1v) is 10.1. The summed E-state index contributed by atoms with van der Waals surface area (Å²) in [6, 6.07) is 0. The van der Waals surface area contributed by atoms with Gasteiger partial charge in [0, 0.05) is 46.9 Å². The van der Waals surface area contributed by atoms with Gasteiger partial charge in [-0.25, -0.2) is 4.99 Å². The third-order valence-corrected chi connectivity index (χ3v) is 5.37. The number of likely N-dealkylation sites (N-methyl/N-ethyl adjacent to an activating group) is 1. The molecule has 2 rings (SSSR count). The Labute approximate surface area is 158 Å². The van der Waals surface area contributed by atoms with Crippen molar-refractivity contribution in [1.29, 1.82) is 0 Å². The van der Waals surface area contributed by atoms with Gasteiger partial charge in [0.05, 0.1) is 6.10 Å². The Bertz CT molecular complexity index is 459. The van der Waals surface area contributed by atoms with Gasteiger partial charge in [0.15, 0.2) is 5.96 Å². The Balaban J connectivity index is 1.93. The third kappa shape index (κ3) is 6.43. The molecule has 1 N–H and O–H groups in total. The number of aliphatic imine (C=N–C) groups is 1. The molecular weight excluding hydrogens is 330 g/mol. The number of hydrogen-bond acceptors (Lipinski definition) is 4. The maximum Gasteiger partial charge on any atom is 0.243 e. The topological polar surface area (TPSA) is 60.4 Å². The molecule has 2 heterocycles. The summed E-state index contributed by atoms with van der Waals surface area (Å²) in [5.41, 5.74) is 0. The number of guanidine groups is 1. The number of carbonyl (C=O) groups is 1. The van der Waals surface area contributed by atoms with Gasteiger partial charge in [-0.1, -0.05) is 13.8 Å². The molecule has 2 aliphatic heterocycles. The van der Waals surface area contributed by atoms with Gasteiger partial charge in [-0.2, -0.15) is 0 Å². The van der Waals surface area contributed by atoms with Gasteiger partial charge >= 0.3 is 0 Å². The monoisotopic (exact) mass is 367 g/mol. The van der Waals surface area contributed by atoms with Gasteiger partial charge in [-0.15, -0.1) is 0 Å². The molecule has 0 spiro atoms. The number of amides is 1. The number of ether oxygens (including phenoxy) is 1. The minimum atomic E-state index is 0.0281. The first-order chi connectivity index (χ1) is 12.5. The zero-order chi connectivity index (χ0) is 18.9. The summed E-state index contributed by atoms with van der Waals surface area (Å²) in [7, 11) is 3.54. The average Bonchev–Trinajstić information content (AvgIpc) is 3.31. The molecule has 2 fully saturated rings. The number of nitrogens with one attached hydrogen (secondary N) is 1. The van der Waals surface area contributed by atoms with E-state index in [1.807, 2.05) is 0 Å². The molecule has 7 nitrogen and oxygen atoms in total. The van der Waals surface area contributed by atoms with E-state index in [1.54, 1.807) is 19.0 Å². The van der Waals surface area contributed by atoms with Gasteiger partial charge in [-0.05, 0) is 38.3 Å². The van der Waals surface area contributed by atoms with E-state index in [4.69, 9.17) is 4.74 Å². The van der Waals surface area contributed by atoms with Gasteiger partial charge in [0.1, 0.15) is 6.54 Å². The lowest BCUT2D eigenvalue weighted by molar-refractivity contribution is -0.127. The summed E-state index contributed by atoms with van der Waals surface area (Å²) in [4.78, 5) is 23.0. The molecular formula is C19H37N5O2. The predicted octanol–water partition coefficient (Wildman–Crippen LogP) is 0.863. The van der Waals surface area contributed by atoms with E-state index >= 15 is 0 Å². The molecule has 0 aromatic heterocycles. The van der Waals surface area contributed by atoms with Crippen molar-refractivity contribution >= 4 is 11.9 Å². The molecule has 1 amide bonds. The van der Waals surface area contributed by atoms with E-state index in [2.05, 4.69) is 34.0 Å². The lowest BCUT2D eigenvalue weighted by Crippen LogP contribution is -2.44. The van der Waals surface area contributed by atoms with Crippen molar-refractivity contribution in [1.82, 2.24) is 20.0 Å². The van der Waals surface area contributed by atoms with Gasteiger partial charge in [-0.3, -0.25) is 4.79 Å². The molecule has 26 heavy (non-hydrogen) atoms. The minimum Gasteiger partial charge on any atom is -0.376 e. The molecule has 2 saturated heterocycles. The highest BCUT2D eigenvalue weighted by Crippen LogP contribution is 2.18. The van der Waals surface area contributed by atoms with Crippen molar-refractivity contribution in [3.05, 3.63) is 0 Å². The van der Waals surface area contributed by atoms with Crippen molar-refractivity contribution in [3.8, 4) is 0 Å². The Morgan fingerprint density at radius 1 is 1.27 bits per heavy atom. The lowest BCUT2D eigenvalue weighted by atomic mass is 10.1. The van der Waals surface area contributed by atoms with Crippen molar-refractivity contribution in [2.45, 2.75) is 39.2 Å². The molecule has 0 saturated carbocycles. The largest absolute Gasteiger partial charge is 0.376 e. The molecule has 2 aliphatic rings. The van der Waals surface area contributed by atoms with Crippen LogP contribution in [0.2, 0.25) is 0 Å². The summed E-state index contributed by atoms with van der Waals surface area (Å²) in [5.74, 6) is 1.55. The van der Waals surface area contributed by atoms with E-state index in [0.29, 0.717) is 5.92 Å². The standard InChI is InChI=1S/C19H37N5O2/c1-5-23(6-2)14-16-9-10-24(15-16)19(21-13-18(25)22(3)4)20-12-17-8-7-11-26-17/h16-17H,5-15H2,1-4H3,(H,20,21). The molecule has 0 aromatic carbocycles. The highest BCUT2D eigenvalue weighted by molar-refractivity contribution is 5.85. The quantitative estimate of drug-likeness (QED) is 0.509. The Morgan fingerprint density at radius 3 is 2.65 bits per heavy atom. The molecule has 0 bridgehead atoms. The van der Waals surface area contributed by atoms with Gasteiger partial charge in [0.2, 0.25) is 5.91 Å². The van der Waals surface area contributed by atoms with Crippen LogP contribution in [0.25, 0.3) is 0 Å². The maximum atomic E-state index is 12.0. The summed E-state index contributed by atoms with van der Waals surface area (Å²) in [6.07, 6.45) is 3.67. The highest BCUT2D eigenvalue weighted by atomic mass is 16.5. The second-order valence-electron chi connectivity index (χ2n) is 7.53. The minimum absolute atomic E-state index is 0.0281. The Hall–Kier alpha value is -1.34. The van der Waals surface area contributed by atoms with E-state index < -0.39 is 0 Å². The number of nitrogens with zero attached hydrogens (tertiary/aromatic N) is 4. The van der Waals surface area contributed by atoms with Crippen LogP contribution in [0, 0.1) is 5.92 Å². The fraction of sp³-hybridized carbons (Fsp3) is 0.895. The van der Waals surface area contributed by atoms with Crippen molar-refractivity contribution < 1.29 is 9.53 Å². The van der Waals surface area contributed by atoms with Crippen LogP contribution in [-0.2, 0) is 9.53 Å². The fourth-order valence-corrected chi connectivity index (χ4v) is 3.58. The van der Waals surface area contributed by atoms with E-state index in [0.717, 1.165) is 64.7 Å². The fourth-order valence-electron chi connectivity index (χ4n) is 3.58. The maximum absolute atomic E-state index is 12.0. The molecule has 0 aromatic rings. The SMILES string of the molecule is CCN(CC)CC1CCN(C(=NCC(=O)N(C)C)NCC2CCCO2)C1. The Kier molecular flexibility index (Phi) is 8.65. The zero-order valence-corrected chi connectivity index (χ0v) is 17.0. The normalized spacial score (nSPS) is 23.7. The average molecular weight is 368 g/mol. The molecule has 2 unspecified atom stereocenters. The second kappa shape index (κ2) is 10.7. The highest BCUT2D eigenvalue weighted by Gasteiger charge is 2.27. The van der Waals surface area contributed by atoms with E-state index in [9.17, 15) is 4.79 Å². The third-order valence-electron chi connectivity index (χ3n) is 5.37. The number of likely N-dealkylation sites (tertiary alicyclic amines) is 1. The van der Waals surface area contributed by atoms with Crippen molar-refractivity contribution in [3.63, 3.8) is 0 Å². The molecule has 0 radical (unpaired) electrons. The predicted molar refractivity (Wildman–Crippen MR) is 105 cm³/mol. The van der Waals surface area contributed by atoms with E-state index in [1.165, 1.54) is 6.42 Å². The number of carbonyl (C=O) groups excluding carboxylic acids is 1. The van der Waals surface area contributed by atoms with E-state index in [-0.39, 0.29) is 18.6 Å². The van der Waals surface area contributed by atoms with Gasteiger partial charge in [0.25, 0.3) is 0 Å². The smallest absolute Gasteiger partial charge is 0.243 e. The zero-order valence-electron chi connectivity index (χ0n) is 17.0. The molecule has 2 atom stereocenters. The van der Waals surface area contributed by atoms with Crippen LogP contribution >= 0.6 is 0 Å². The summed E-state index contributed by atoms with van der Waals surface area (Å²) >= 11 is 0. The number of hydrogen-bond donors (Lipinski definition) is 1. The summed E-state index contributed by atoms with van der Waals surface area (Å²) in [5, 5.41) is 3.47. The van der Waals surface area contributed by atoms with Crippen LogP contribution < -0.4 is 5.32 Å². The molecule has 150 valence electrons. The van der Waals surface area contributed by atoms with Crippen LogP contribution in [0.15, 0.2) is 4.99 Å². The van der Waals surface area contributed by atoms with Crippen LogP contribution in [0.1, 0.15) is 33.1 Å². The van der Waals surface area contributed by atoms with Gasteiger partial charge < -0.3 is 24.8 Å². The first kappa shape index (κ1) is 21.0. The van der Waals surface area contributed by atoms with Crippen LogP contribution in [0.5, 0.6) is 0 Å². The van der Waals surface area contributed by atoms with Crippen LogP contribution in [0.3, 0.4) is 0 Å². The first-order valence-electron chi connectivity index (χ1n) is 10.1. The van der Waals surface area contributed by atoms with Crippen molar-refractivity contribution in [2.75, 3.05) is 66.5 Å². The van der Waals surface area contributed by atoms with Crippen LogP contribution in [-0.4, -0.2) is 99.2 Å². The van der Waals surface area contributed by atoms with Crippen LogP contribution in [0.4, 0.5) is 0 Å². The van der Waals surface area contributed by atoms with Crippen molar-refractivity contribution in [2.24, 2.45) is 10.9 Å². The molecule has 7 heteroatoms. The second-order valence-corrected chi connectivity index (χ2v) is 7.53. The Morgan fingerprint density at radius 2 is 2.04 bits per heavy atom. The number of rotatable bonds is 8.